The van der Waals surface area contributed by atoms with Crippen LogP contribution in [0.4, 0.5) is 24.5 Å². The Bertz CT molecular complexity index is 901. The molecule has 0 fully saturated rings. The number of amides is 1. The van der Waals surface area contributed by atoms with Gasteiger partial charge in [-0.05, 0) is 36.8 Å². The van der Waals surface area contributed by atoms with E-state index in [9.17, 15) is 18.0 Å². The summed E-state index contributed by atoms with van der Waals surface area (Å²) in [6.45, 7) is 1.69. The van der Waals surface area contributed by atoms with Crippen LogP contribution in [0.1, 0.15) is 11.1 Å². The van der Waals surface area contributed by atoms with Gasteiger partial charge in [-0.2, -0.15) is 18.4 Å². The van der Waals surface area contributed by atoms with E-state index in [4.69, 9.17) is 16.9 Å². The minimum Gasteiger partial charge on any atom is -0.360 e. The van der Waals surface area contributed by atoms with E-state index in [2.05, 4.69) is 10.6 Å². The molecule has 0 atom stereocenters. The summed E-state index contributed by atoms with van der Waals surface area (Å²) in [5.74, 6) is -0.769. The number of hydrogen-bond donors (Lipinski definition) is 2. The molecule has 26 heavy (non-hydrogen) atoms. The predicted molar refractivity (Wildman–Crippen MR) is 93.6 cm³/mol. The van der Waals surface area contributed by atoms with Crippen molar-refractivity contribution < 1.29 is 18.0 Å². The molecule has 2 aromatic rings. The molecule has 2 N–H and O–H groups in total. The zero-order valence-electron chi connectivity index (χ0n) is 13.5. The van der Waals surface area contributed by atoms with Crippen LogP contribution in [0.5, 0.6) is 0 Å². The van der Waals surface area contributed by atoms with E-state index < -0.39 is 17.6 Å². The van der Waals surface area contributed by atoms with Gasteiger partial charge in [0.05, 0.1) is 11.3 Å². The van der Waals surface area contributed by atoms with Gasteiger partial charge in [0.25, 0.3) is 5.91 Å². The molecule has 2 aromatic carbocycles. The molecule has 8 heteroatoms. The normalized spacial score (nSPS) is 11.6. The summed E-state index contributed by atoms with van der Waals surface area (Å²) in [5.41, 5.74) is -0.546. The van der Waals surface area contributed by atoms with Crippen LogP contribution in [0.25, 0.3) is 0 Å². The van der Waals surface area contributed by atoms with E-state index in [-0.39, 0.29) is 11.3 Å². The largest absolute Gasteiger partial charge is 0.418 e. The highest BCUT2D eigenvalue weighted by Gasteiger charge is 2.33. The van der Waals surface area contributed by atoms with Crippen molar-refractivity contribution in [3.8, 4) is 6.07 Å². The molecule has 0 aliphatic heterocycles. The number of hydrogen-bond acceptors (Lipinski definition) is 3. The maximum atomic E-state index is 13.0. The number of nitriles is 1. The molecule has 0 aliphatic rings. The number of rotatable bonds is 4. The van der Waals surface area contributed by atoms with Gasteiger partial charge in [-0.25, -0.2) is 0 Å². The Morgan fingerprint density at radius 2 is 1.81 bits per heavy atom. The van der Waals surface area contributed by atoms with E-state index in [0.717, 1.165) is 12.3 Å². The Labute approximate surface area is 152 Å². The van der Waals surface area contributed by atoms with E-state index in [0.29, 0.717) is 16.3 Å². The summed E-state index contributed by atoms with van der Waals surface area (Å²) in [6, 6.07) is 11.3. The quantitative estimate of drug-likeness (QED) is 0.572. The number of nitrogens with zero attached hydrogens (tertiary/aromatic N) is 1. The van der Waals surface area contributed by atoms with Gasteiger partial charge in [-0.15, -0.1) is 0 Å². The predicted octanol–water partition coefficient (Wildman–Crippen LogP) is 5.13. The van der Waals surface area contributed by atoms with Crippen LogP contribution in [-0.2, 0) is 11.0 Å². The van der Waals surface area contributed by atoms with Crippen molar-refractivity contribution in [1.82, 2.24) is 0 Å². The molecular formula is C18H13ClF3N3O. The fraction of sp³-hybridized carbons (Fsp3) is 0.111. The number of carbonyl (C=O) groups excluding carboxylic acids is 1. The molecule has 2 rings (SSSR count). The summed E-state index contributed by atoms with van der Waals surface area (Å²) >= 11 is 5.96. The molecule has 134 valence electrons. The SMILES string of the molecule is Cc1c(Cl)cccc1NC(=O)/C(C#N)=C\Nc1ccccc1C(F)(F)F. The second-order valence-electron chi connectivity index (χ2n) is 5.22. The molecule has 0 heterocycles. The lowest BCUT2D eigenvalue weighted by Crippen LogP contribution is -2.16. The van der Waals surface area contributed by atoms with Gasteiger partial charge >= 0.3 is 6.18 Å². The number of benzene rings is 2. The first-order valence-corrected chi connectivity index (χ1v) is 7.71. The van der Waals surface area contributed by atoms with Gasteiger partial charge in [0.15, 0.2) is 0 Å². The topological polar surface area (TPSA) is 64.9 Å². The lowest BCUT2D eigenvalue weighted by Gasteiger charge is -2.12. The first-order valence-electron chi connectivity index (χ1n) is 7.33. The minimum absolute atomic E-state index is 0.264. The van der Waals surface area contributed by atoms with Crippen LogP contribution >= 0.6 is 11.6 Å². The van der Waals surface area contributed by atoms with Crippen molar-refractivity contribution in [3.63, 3.8) is 0 Å². The third kappa shape index (κ3) is 4.55. The van der Waals surface area contributed by atoms with Crippen LogP contribution in [0.15, 0.2) is 54.2 Å². The molecule has 1 amide bonds. The zero-order valence-corrected chi connectivity index (χ0v) is 14.2. The smallest absolute Gasteiger partial charge is 0.360 e. The fourth-order valence-electron chi connectivity index (χ4n) is 2.09. The molecule has 0 radical (unpaired) electrons. The van der Waals surface area contributed by atoms with Crippen molar-refractivity contribution in [2.75, 3.05) is 10.6 Å². The summed E-state index contributed by atoms with van der Waals surface area (Å²) in [4.78, 5) is 12.2. The van der Waals surface area contributed by atoms with Gasteiger partial charge in [-0.1, -0.05) is 29.8 Å². The number of halogens is 4. The standard InChI is InChI=1S/C18H13ClF3N3O/c1-11-14(19)6-4-8-15(11)25-17(26)12(9-23)10-24-16-7-3-2-5-13(16)18(20,21)22/h2-8,10,24H,1H3,(H,25,26)/b12-10-. The van der Waals surface area contributed by atoms with Crippen LogP contribution in [0.3, 0.4) is 0 Å². The van der Waals surface area contributed by atoms with Crippen molar-refractivity contribution in [1.29, 1.82) is 5.26 Å². The molecule has 0 saturated carbocycles. The second kappa shape index (κ2) is 7.93. The number of nitrogens with one attached hydrogen (secondary N) is 2. The van der Waals surface area contributed by atoms with Crippen LogP contribution in [0, 0.1) is 18.3 Å². The average Bonchev–Trinajstić information content (AvgIpc) is 2.59. The summed E-state index contributed by atoms with van der Waals surface area (Å²) < 4.78 is 38.9. The number of carbonyl (C=O) groups is 1. The zero-order chi connectivity index (χ0) is 19.3. The van der Waals surface area contributed by atoms with Gasteiger partial charge in [0.2, 0.25) is 0 Å². The van der Waals surface area contributed by atoms with Crippen molar-refractivity contribution >= 4 is 28.9 Å². The molecule has 4 nitrogen and oxygen atoms in total. The number of anilines is 2. The lowest BCUT2D eigenvalue weighted by molar-refractivity contribution is -0.136. The van der Waals surface area contributed by atoms with Crippen molar-refractivity contribution in [2.45, 2.75) is 13.1 Å². The van der Waals surface area contributed by atoms with Crippen LogP contribution in [-0.4, -0.2) is 5.91 Å². The second-order valence-corrected chi connectivity index (χ2v) is 5.63. The highest BCUT2D eigenvalue weighted by Crippen LogP contribution is 2.34. The average molecular weight is 380 g/mol. The molecule has 0 aliphatic carbocycles. The van der Waals surface area contributed by atoms with E-state index in [1.807, 2.05) is 0 Å². The highest BCUT2D eigenvalue weighted by atomic mass is 35.5. The Morgan fingerprint density at radius 3 is 2.46 bits per heavy atom. The summed E-state index contributed by atoms with van der Waals surface area (Å²) in [7, 11) is 0. The van der Waals surface area contributed by atoms with Gasteiger partial charge in [0.1, 0.15) is 11.6 Å². The lowest BCUT2D eigenvalue weighted by atomic mass is 10.1. The van der Waals surface area contributed by atoms with Gasteiger partial charge in [-0.3, -0.25) is 4.79 Å². The molecule has 0 unspecified atom stereocenters. The molecule has 0 bridgehead atoms. The van der Waals surface area contributed by atoms with E-state index in [1.165, 1.54) is 18.2 Å². The summed E-state index contributed by atoms with van der Waals surface area (Å²) in [5, 5.41) is 14.4. The van der Waals surface area contributed by atoms with Crippen LogP contribution in [0.2, 0.25) is 5.02 Å². The van der Waals surface area contributed by atoms with Crippen molar-refractivity contribution in [2.24, 2.45) is 0 Å². The first-order chi connectivity index (χ1) is 12.2. The summed E-state index contributed by atoms with van der Waals surface area (Å²) in [6.07, 6.45) is -3.63. The molecular weight excluding hydrogens is 367 g/mol. The van der Waals surface area contributed by atoms with E-state index >= 15 is 0 Å². The number of alkyl halides is 3. The monoisotopic (exact) mass is 379 g/mol. The third-order valence-corrected chi connectivity index (χ3v) is 3.89. The Hall–Kier alpha value is -2.98. The van der Waals surface area contributed by atoms with Gasteiger partial charge in [0, 0.05) is 16.9 Å². The maximum absolute atomic E-state index is 13.0. The number of para-hydroxylation sites is 1. The Kier molecular flexibility index (Phi) is 5.90. The Morgan fingerprint density at radius 1 is 1.15 bits per heavy atom. The van der Waals surface area contributed by atoms with E-state index in [1.54, 1.807) is 31.2 Å². The van der Waals surface area contributed by atoms with Crippen LogP contribution < -0.4 is 10.6 Å². The maximum Gasteiger partial charge on any atom is 0.418 e. The Balaban J connectivity index is 2.23. The fourth-order valence-corrected chi connectivity index (χ4v) is 2.26. The van der Waals surface area contributed by atoms with Gasteiger partial charge < -0.3 is 10.6 Å². The third-order valence-electron chi connectivity index (χ3n) is 3.49. The first kappa shape index (κ1) is 19.3. The van der Waals surface area contributed by atoms with Crippen molar-refractivity contribution in [3.05, 3.63) is 70.4 Å². The molecule has 0 spiro atoms. The highest BCUT2D eigenvalue weighted by molar-refractivity contribution is 6.31. The minimum atomic E-state index is -4.57. The molecule has 0 saturated heterocycles. The molecule has 0 aromatic heterocycles.